The number of anilines is 1. The molecular formula is C12H13ClN2OS. The third kappa shape index (κ3) is 2.48. The Bertz CT molecular complexity index is 487. The van der Waals surface area contributed by atoms with Gasteiger partial charge in [-0.3, -0.25) is 14.7 Å². The van der Waals surface area contributed by atoms with Gasteiger partial charge in [0.1, 0.15) is 6.54 Å². The standard InChI is InChI=1S/C12H13ClN2OS/c1-3-17-12-14-7-11(16)15(12)10-6-9(13)5-4-8(10)2/h4-6H,3,7H2,1-2H3. The normalized spacial score (nSPS) is 15.4. The molecule has 1 aliphatic heterocycles. The fourth-order valence-corrected chi connectivity index (χ4v) is 2.59. The highest BCUT2D eigenvalue weighted by Crippen LogP contribution is 2.29. The molecule has 0 fully saturated rings. The molecule has 1 aliphatic rings. The van der Waals surface area contributed by atoms with Crippen LogP contribution < -0.4 is 4.90 Å². The minimum atomic E-state index is 0.00585. The Hall–Kier alpha value is -1.00. The first-order valence-electron chi connectivity index (χ1n) is 5.40. The first kappa shape index (κ1) is 12.5. The summed E-state index contributed by atoms with van der Waals surface area (Å²) in [6.45, 7) is 4.23. The fourth-order valence-electron chi connectivity index (χ4n) is 1.68. The summed E-state index contributed by atoms with van der Waals surface area (Å²) in [5, 5.41) is 1.40. The van der Waals surface area contributed by atoms with Crippen LogP contribution in [0.3, 0.4) is 0 Å². The van der Waals surface area contributed by atoms with E-state index in [9.17, 15) is 4.79 Å². The van der Waals surface area contributed by atoms with E-state index in [1.54, 1.807) is 16.7 Å². The van der Waals surface area contributed by atoms with Gasteiger partial charge in [-0.25, -0.2) is 0 Å². The largest absolute Gasteiger partial charge is 0.272 e. The predicted octanol–water partition coefficient (Wildman–Crippen LogP) is 3.10. The van der Waals surface area contributed by atoms with E-state index >= 15 is 0 Å². The van der Waals surface area contributed by atoms with E-state index in [4.69, 9.17) is 11.6 Å². The van der Waals surface area contributed by atoms with Crippen molar-refractivity contribution >= 4 is 40.1 Å². The van der Waals surface area contributed by atoms with E-state index in [1.165, 1.54) is 0 Å². The van der Waals surface area contributed by atoms with Crippen LogP contribution in [0.15, 0.2) is 23.2 Å². The van der Waals surface area contributed by atoms with Gasteiger partial charge in [0, 0.05) is 5.02 Å². The van der Waals surface area contributed by atoms with E-state index in [1.807, 2.05) is 32.0 Å². The summed E-state index contributed by atoms with van der Waals surface area (Å²) in [5.74, 6) is 0.897. The lowest BCUT2D eigenvalue weighted by molar-refractivity contribution is -0.115. The summed E-state index contributed by atoms with van der Waals surface area (Å²) in [6, 6.07) is 5.55. The van der Waals surface area contributed by atoms with Crippen LogP contribution in [0.4, 0.5) is 5.69 Å². The summed E-state index contributed by atoms with van der Waals surface area (Å²) in [6.07, 6.45) is 0. The van der Waals surface area contributed by atoms with Crippen molar-refractivity contribution in [2.24, 2.45) is 4.99 Å². The van der Waals surface area contributed by atoms with Crippen LogP contribution >= 0.6 is 23.4 Å². The number of rotatable bonds is 2. The first-order chi connectivity index (χ1) is 8.13. The molecule has 0 atom stereocenters. The van der Waals surface area contributed by atoms with Gasteiger partial charge in [0.15, 0.2) is 5.17 Å². The van der Waals surface area contributed by atoms with Crippen molar-refractivity contribution in [1.29, 1.82) is 0 Å². The Morgan fingerprint density at radius 3 is 3.00 bits per heavy atom. The van der Waals surface area contributed by atoms with E-state index in [-0.39, 0.29) is 12.5 Å². The monoisotopic (exact) mass is 268 g/mol. The van der Waals surface area contributed by atoms with Crippen LogP contribution in [0.25, 0.3) is 0 Å². The highest BCUT2D eigenvalue weighted by Gasteiger charge is 2.28. The molecule has 5 heteroatoms. The second-order valence-corrected chi connectivity index (χ2v) is 5.36. The summed E-state index contributed by atoms with van der Waals surface area (Å²) >= 11 is 7.56. The zero-order valence-corrected chi connectivity index (χ0v) is 11.3. The van der Waals surface area contributed by atoms with Gasteiger partial charge in [-0.15, -0.1) is 0 Å². The second-order valence-electron chi connectivity index (χ2n) is 3.69. The number of amidine groups is 1. The predicted molar refractivity (Wildman–Crippen MR) is 74.1 cm³/mol. The number of carbonyl (C=O) groups excluding carboxylic acids is 1. The van der Waals surface area contributed by atoms with Crippen molar-refractivity contribution in [3.63, 3.8) is 0 Å². The Morgan fingerprint density at radius 1 is 1.53 bits per heavy atom. The van der Waals surface area contributed by atoms with Crippen LogP contribution in [0.1, 0.15) is 12.5 Å². The van der Waals surface area contributed by atoms with E-state index in [0.717, 1.165) is 22.2 Å². The number of benzene rings is 1. The molecule has 1 heterocycles. The first-order valence-corrected chi connectivity index (χ1v) is 6.76. The number of thioether (sulfide) groups is 1. The molecule has 2 rings (SSSR count). The summed E-state index contributed by atoms with van der Waals surface area (Å²) in [4.78, 5) is 17.8. The van der Waals surface area contributed by atoms with Gasteiger partial charge >= 0.3 is 0 Å². The number of nitrogens with zero attached hydrogens (tertiary/aromatic N) is 2. The molecule has 0 spiro atoms. The molecule has 17 heavy (non-hydrogen) atoms. The molecule has 1 aromatic carbocycles. The number of amides is 1. The Morgan fingerprint density at radius 2 is 2.29 bits per heavy atom. The maximum absolute atomic E-state index is 11.9. The van der Waals surface area contributed by atoms with E-state index in [0.29, 0.717) is 5.02 Å². The van der Waals surface area contributed by atoms with Crippen molar-refractivity contribution in [2.45, 2.75) is 13.8 Å². The second kappa shape index (κ2) is 5.10. The Kier molecular flexibility index (Phi) is 3.74. The van der Waals surface area contributed by atoms with Crippen LogP contribution in [0.2, 0.25) is 5.02 Å². The quantitative estimate of drug-likeness (QED) is 0.826. The molecule has 0 saturated heterocycles. The summed E-state index contributed by atoms with van der Waals surface area (Å²) in [7, 11) is 0. The third-order valence-electron chi connectivity index (χ3n) is 2.48. The van der Waals surface area contributed by atoms with Gasteiger partial charge in [0.05, 0.1) is 5.69 Å². The third-order valence-corrected chi connectivity index (χ3v) is 3.57. The molecule has 0 radical (unpaired) electrons. The van der Waals surface area contributed by atoms with Crippen LogP contribution in [-0.4, -0.2) is 23.4 Å². The zero-order chi connectivity index (χ0) is 12.4. The van der Waals surface area contributed by atoms with Gasteiger partial charge in [-0.1, -0.05) is 36.4 Å². The minimum Gasteiger partial charge on any atom is -0.272 e. The molecule has 0 aromatic heterocycles. The van der Waals surface area contributed by atoms with Crippen molar-refractivity contribution < 1.29 is 4.79 Å². The maximum atomic E-state index is 11.9. The average Bonchev–Trinajstić information content (AvgIpc) is 2.64. The lowest BCUT2D eigenvalue weighted by Gasteiger charge is -2.20. The van der Waals surface area contributed by atoms with Crippen molar-refractivity contribution in [2.75, 3.05) is 17.2 Å². The summed E-state index contributed by atoms with van der Waals surface area (Å²) < 4.78 is 0. The zero-order valence-electron chi connectivity index (χ0n) is 9.74. The number of aryl methyl sites for hydroxylation is 1. The van der Waals surface area contributed by atoms with Crippen molar-refractivity contribution in [3.05, 3.63) is 28.8 Å². The number of hydrogen-bond acceptors (Lipinski definition) is 3. The van der Waals surface area contributed by atoms with Crippen LogP contribution in [-0.2, 0) is 4.79 Å². The minimum absolute atomic E-state index is 0.00585. The molecular weight excluding hydrogens is 256 g/mol. The average molecular weight is 269 g/mol. The molecule has 1 amide bonds. The molecule has 1 aromatic rings. The number of carbonyl (C=O) groups is 1. The van der Waals surface area contributed by atoms with Gasteiger partial charge in [-0.05, 0) is 30.4 Å². The lowest BCUT2D eigenvalue weighted by atomic mass is 10.2. The van der Waals surface area contributed by atoms with Crippen LogP contribution in [0, 0.1) is 6.92 Å². The van der Waals surface area contributed by atoms with E-state index < -0.39 is 0 Å². The molecule has 0 aliphatic carbocycles. The fraction of sp³-hybridized carbons (Fsp3) is 0.333. The molecule has 3 nitrogen and oxygen atoms in total. The SMILES string of the molecule is CCSC1=NCC(=O)N1c1cc(Cl)ccc1C. The Labute approximate surface area is 110 Å². The smallest absolute Gasteiger partial charge is 0.254 e. The molecule has 0 saturated carbocycles. The van der Waals surface area contributed by atoms with Gasteiger partial charge in [0.2, 0.25) is 0 Å². The number of aliphatic imine (C=N–C) groups is 1. The molecule has 90 valence electrons. The van der Waals surface area contributed by atoms with Gasteiger partial charge < -0.3 is 0 Å². The highest BCUT2D eigenvalue weighted by atomic mass is 35.5. The van der Waals surface area contributed by atoms with Gasteiger partial charge in [0.25, 0.3) is 5.91 Å². The number of halogens is 1. The molecule has 0 bridgehead atoms. The van der Waals surface area contributed by atoms with Crippen LogP contribution in [0.5, 0.6) is 0 Å². The molecule has 0 unspecified atom stereocenters. The van der Waals surface area contributed by atoms with Gasteiger partial charge in [-0.2, -0.15) is 0 Å². The van der Waals surface area contributed by atoms with E-state index in [2.05, 4.69) is 4.99 Å². The highest BCUT2D eigenvalue weighted by molar-refractivity contribution is 8.14. The summed E-state index contributed by atoms with van der Waals surface area (Å²) in [5.41, 5.74) is 1.86. The van der Waals surface area contributed by atoms with Crippen molar-refractivity contribution in [3.8, 4) is 0 Å². The Balaban J connectivity index is 2.40. The topological polar surface area (TPSA) is 32.7 Å². The maximum Gasteiger partial charge on any atom is 0.254 e. The van der Waals surface area contributed by atoms with Crippen molar-refractivity contribution in [1.82, 2.24) is 0 Å². The lowest BCUT2D eigenvalue weighted by Crippen LogP contribution is -2.31. The molecule has 0 N–H and O–H groups in total. The number of hydrogen-bond donors (Lipinski definition) is 0.